The Bertz CT molecular complexity index is 389. The second kappa shape index (κ2) is 4.71. The first-order chi connectivity index (χ1) is 7.31. The maximum atomic E-state index is 12.9. The molecule has 0 amide bonds. The number of aliphatic carboxylic acids is 1. The average Bonchev–Trinajstić information content (AvgIpc) is 2.13. The monoisotopic (exact) mass is 245 g/mol. The van der Waals surface area contributed by atoms with Gasteiger partial charge < -0.3 is 15.9 Å². The first-order valence-corrected chi connectivity index (χ1v) is 5.44. The molecule has 1 atom stereocenters. The molecule has 0 bridgehead atoms. The van der Waals surface area contributed by atoms with Crippen molar-refractivity contribution >= 4 is 23.4 Å². The number of thioether (sulfide) groups is 1. The predicted octanol–water partition coefficient (Wildman–Crippen LogP) is 1.34. The van der Waals surface area contributed by atoms with Crippen LogP contribution in [0.25, 0.3) is 0 Å². The molecule has 0 aliphatic rings. The summed E-state index contributed by atoms with van der Waals surface area (Å²) in [6, 6.07) is 3.92. The molecule has 4 N–H and O–H groups in total. The van der Waals surface area contributed by atoms with Crippen molar-refractivity contribution in [2.24, 2.45) is 0 Å². The van der Waals surface area contributed by atoms with Crippen molar-refractivity contribution in [3.8, 4) is 0 Å². The third-order valence-electron chi connectivity index (χ3n) is 1.87. The van der Waals surface area contributed by atoms with Gasteiger partial charge in [-0.05, 0) is 25.1 Å². The number of carboxylic acids is 1. The van der Waals surface area contributed by atoms with Crippen LogP contribution in [0, 0.1) is 5.82 Å². The Hall–Kier alpha value is -1.27. The number of carboxylic acid groups (broad SMARTS) is 1. The zero-order valence-corrected chi connectivity index (χ0v) is 9.42. The van der Waals surface area contributed by atoms with Gasteiger partial charge in [0.1, 0.15) is 5.82 Å². The van der Waals surface area contributed by atoms with Gasteiger partial charge >= 0.3 is 5.97 Å². The van der Waals surface area contributed by atoms with Gasteiger partial charge in [0.25, 0.3) is 0 Å². The van der Waals surface area contributed by atoms with Gasteiger partial charge in [0.2, 0.25) is 0 Å². The molecule has 0 heterocycles. The number of aliphatic hydroxyl groups is 1. The molecule has 1 aromatic rings. The van der Waals surface area contributed by atoms with Gasteiger partial charge in [-0.1, -0.05) is 0 Å². The van der Waals surface area contributed by atoms with E-state index in [0.29, 0.717) is 4.90 Å². The van der Waals surface area contributed by atoms with Crippen molar-refractivity contribution in [2.75, 3.05) is 11.5 Å². The lowest BCUT2D eigenvalue weighted by Crippen LogP contribution is -2.37. The van der Waals surface area contributed by atoms with Gasteiger partial charge in [-0.2, -0.15) is 0 Å². The highest BCUT2D eigenvalue weighted by Crippen LogP contribution is 2.25. The molecule has 1 rings (SSSR count). The van der Waals surface area contributed by atoms with Crippen LogP contribution in [0.1, 0.15) is 6.92 Å². The van der Waals surface area contributed by atoms with Crippen LogP contribution in [0.4, 0.5) is 10.1 Å². The molecule has 0 spiro atoms. The van der Waals surface area contributed by atoms with Crippen LogP contribution in [-0.4, -0.2) is 27.5 Å². The summed E-state index contributed by atoms with van der Waals surface area (Å²) < 4.78 is 12.9. The highest BCUT2D eigenvalue weighted by molar-refractivity contribution is 7.99. The van der Waals surface area contributed by atoms with E-state index in [1.54, 1.807) is 0 Å². The summed E-state index contributed by atoms with van der Waals surface area (Å²) in [4.78, 5) is 11.1. The summed E-state index contributed by atoms with van der Waals surface area (Å²) in [6.07, 6.45) is 0. The second-order valence-corrected chi connectivity index (χ2v) is 4.64. The molecule has 0 aliphatic carbocycles. The van der Waals surface area contributed by atoms with Crippen LogP contribution in [0.5, 0.6) is 0 Å². The third kappa shape index (κ3) is 3.39. The number of nitrogen functional groups attached to an aromatic ring is 1. The second-order valence-electron chi connectivity index (χ2n) is 3.59. The number of rotatable bonds is 4. The first kappa shape index (κ1) is 12.8. The third-order valence-corrected chi connectivity index (χ3v) is 3.15. The quantitative estimate of drug-likeness (QED) is 0.550. The summed E-state index contributed by atoms with van der Waals surface area (Å²) in [7, 11) is 0. The summed E-state index contributed by atoms with van der Waals surface area (Å²) in [5.74, 6) is -1.88. The van der Waals surface area contributed by atoms with E-state index in [0.717, 1.165) is 11.8 Å². The van der Waals surface area contributed by atoms with Crippen molar-refractivity contribution in [1.82, 2.24) is 0 Å². The van der Waals surface area contributed by atoms with E-state index in [1.165, 1.54) is 25.1 Å². The molecule has 88 valence electrons. The lowest BCUT2D eigenvalue weighted by atomic mass is 10.1. The van der Waals surface area contributed by atoms with Crippen molar-refractivity contribution in [3.05, 3.63) is 24.0 Å². The lowest BCUT2D eigenvalue weighted by molar-refractivity contribution is -0.154. The standard InChI is InChI=1S/C10H12FNO3S/c1-10(15,9(13)14)5-16-8-3-6(11)2-7(12)4-8/h2-4,15H,5,12H2,1H3,(H,13,14). The van der Waals surface area contributed by atoms with Crippen LogP contribution in [0.15, 0.2) is 23.1 Å². The molecule has 0 saturated carbocycles. The maximum Gasteiger partial charge on any atom is 0.336 e. The molecule has 1 aromatic carbocycles. The van der Waals surface area contributed by atoms with Crippen LogP contribution < -0.4 is 5.73 Å². The fourth-order valence-corrected chi connectivity index (χ4v) is 1.94. The zero-order chi connectivity index (χ0) is 12.3. The van der Waals surface area contributed by atoms with E-state index >= 15 is 0 Å². The van der Waals surface area contributed by atoms with Gasteiger partial charge in [-0.25, -0.2) is 9.18 Å². The molecule has 0 aromatic heterocycles. The molecule has 0 aliphatic heterocycles. The van der Waals surface area contributed by atoms with Crippen molar-refractivity contribution in [1.29, 1.82) is 0 Å². The number of halogens is 1. The Morgan fingerprint density at radius 2 is 2.19 bits per heavy atom. The highest BCUT2D eigenvalue weighted by atomic mass is 32.2. The number of hydrogen-bond donors (Lipinski definition) is 3. The predicted molar refractivity (Wildman–Crippen MR) is 59.8 cm³/mol. The number of hydrogen-bond acceptors (Lipinski definition) is 4. The molecular formula is C10H12FNO3S. The number of nitrogens with two attached hydrogens (primary N) is 1. The SMILES string of the molecule is CC(O)(CSc1cc(N)cc(F)c1)C(=O)O. The Balaban J connectivity index is 2.71. The molecule has 4 nitrogen and oxygen atoms in total. The van der Waals surface area contributed by atoms with Crippen LogP contribution >= 0.6 is 11.8 Å². The van der Waals surface area contributed by atoms with Crippen molar-refractivity contribution in [2.45, 2.75) is 17.4 Å². The minimum Gasteiger partial charge on any atom is -0.479 e. The lowest BCUT2D eigenvalue weighted by Gasteiger charge is -2.17. The summed E-state index contributed by atoms with van der Waals surface area (Å²) in [5.41, 5.74) is 3.85. The van der Waals surface area contributed by atoms with Crippen LogP contribution in [-0.2, 0) is 4.79 Å². The van der Waals surface area contributed by atoms with E-state index in [2.05, 4.69) is 0 Å². The van der Waals surface area contributed by atoms with Gasteiger partial charge in [0.15, 0.2) is 5.60 Å². The van der Waals surface area contributed by atoms with Crippen LogP contribution in [0.3, 0.4) is 0 Å². The molecule has 0 fully saturated rings. The van der Waals surface area contributed by atoms with E-state index in [1.807, 2.05) is 0 Å². The number of benzene rings is 1. The maximum absolute atomic E-state index is 12.9. The van der Waals surface area contributed by atoms with Crippen molar-refractivity contribution < 1.29 is 19.4 Å². The zero-order valence-electron chi connectivity index (χ0n) is 8.61. The molecule has 16 heavy (non-hydrogen) atoms. The fraction of sp³-hybridized carbons (Fsp3) is 0.300. The molecule has 0 saturated heterocycles. The first-order valence-electron chi connectivity index (χ1n) is 4.46. The highest BCUT2D eigenvalue weighted by Gasteiger charge is 2.29. The summed E-state index contributed by atoms with van der Waals surface area (Å²) in [6.45, 7) is 1.19. The Labute approximate surface area is 96.3 Å². The van der Waals surface area contributed by atoms with E-state index in [-0.39, 0.29) is 11.4 Å². The minimum absolute atomic E-state index is 0.0781. The number of carbonyl (C=O) groups is 1. The molecule has 0 radical (unpaired) electrons. The Kier molecular flexibility index (Phi) is 3.77. The Morgan fingerprint density at radius 1 is 1.56 bits per heavy atom. The van der Waals surface area contributed by atoms with Crippen molar-refractivity contribution in [3.63, 3.8) is 0 Å². The molecular weight excluding hydrogens is 233 g/mol. The topological polar surface area (TPSA) is 83.5 Å². The fourth-order valence-electron chi connectivity index (χ4n) is 0.953. The Morgan fingerprint density at radius 3 is 2.69 bits per heavy atom. The molecule has 6 heteroatoms. The van der Waals surface area contributed by atoms with Gasteiger partial charge in [0.05, 0.1) is 0 Å². The minimum atomic E-state index is -1.84. The van der Waals surface area contributed by atoms with E-state index < -0.39 is 17.4 Å². The summed E-state index contributed by atoms with van der Waals surface area (Å²) >= 11 is 1.03. The van der Waals surface area contributed by atoms with Gasteiger partial charge in [-0.3, -0.25) is 0 Å². The largest absolute Gasteiger partial charge is 0.479 e. The number of anilines is 1. The van der Waals surface area contributed by atoms with E-state index in [4.69, 9.17) is 10.8 Å². The van der Waals surface area contributed by atoms with Crippen LogP contribution in [0.2, 0.25) is 0 Å². The van der Waals surface area contributed by atoms with Gasteiger partial charge in [-0.15, -0.1) is 11.8 Å². The molecule has 1 unspecified atom stereocenters. The normalized spacial score (nSPS) is 14.4. The van der Waals surface area contributed by atoms with E-state index in [9.17, 15) is 14.3 Å². The van der Waals surface area contributed by atoms with Gasteiger partial charge in [0, 0.05) is 16.3 Å². The average molecular weight is 245 g/mol. The smallest absolute Gasteiger partial charge is 0.336 e. The summed E-state index contributed by atoms with van der Waals surface area (Å²) in [5, 5.41) is 18.1.